The fourth-order valence-corrected chi connectivity index (χ4v) is 6.45. The predicted octanol–water partition coefficient (Wildman–Crippen LogP) is 4.89. The second-order valence-electron chi connectivity index (χ2n) is 10.4. The molecule has 0 bridgehead atoms. The molecule has 9 heteroatoms. The maximum absolute atomic E-state index is 14.4. The number of ether oxygens (including phenoxy) is 1. The Hall–Kier alpha value is -4.63. The standard InChI is InChI=1S/C34H37N3O5S/c1-25-18-26(2)20-29(19-25)37(43(40,41)31-16-9-6-10-17-31)24-33(38)36(23-28-14-11-15-30(21-28)42-4)32(34(39)35-3)22-27-12-7-5-8-13-27/h5-21,32H,22-24H2,1-4H3,(H,35,39)/t32-/m0/s1. The van der Waals surface area contributed by atoms with E-state index in [1.54, 1.807) is 49.6 Å². The number of amides is 2. The highest BCUT2D eigenvalue weighted by Crippen LogP contribution is 2.27. The zero-order valence-corrected chi connectivity index (χ0v) is 25.7. The van der Waals surface area contributed by atoms with Gasteiger partial charge in [-0.15, -0.1) is 0 Å². The van der Waals surface area contributed by atoms with Crippen molar-refractivity contribution < 1.29 is 22.7 Å². The first kappa shape index (κ1) is 31.3. The molecular formula is C34H37N3O5S. The number of nitrogens with zero attached hydrogens (tertiary/aromatic N) is 2. The molecule has 224 valence electrons. The number of methoxy groups -OCH3 is 1. The van der Waals surface area contributed by atoms with Gasteiger partial charge in [-0.2, -0.15) is 0 Å². The Bertz CT molecular complexity index is 1640. The number of anilines is 1. The maximum Gasteiger partial charge on any atom is 0.264 e. The van der Waals surface area contributed by atoms with Crippen molar-refractivity contribution >= 4 is 27.5 Å². The summed E-state index contributed by atoms with van der Waals surface area (Å²) in [6.07, 6.45) is 0.241. The maximum atomic E-state index is 14.4. The minimum Gasteiger partial charge on any atom is -0.497 e. The first-order valence-electron chi connectivity index (χ1n) is 14.0. The molecule has 0 aliphatic heterocycles. The summed E-state index contributed by atoms with van der Waals surface area (Å²) >= 11 is 0. The normalized spacial score (nSPS) is 11.8. The van der Waals surface area contributed by atoms with Crippen LogP contribution < -0.4 is 14.4 Å². The lowest BCUT2D eigenvalue weighted by Gasteiger charge is -2.33. The van der Waals surface area contributed by atoms with Crippen LogP contribution in [0.15, 0.2) is 108 Å². The summed E-state index contributed by atoms with van der Waals surface area (Å²) in [5.41, 5.74) is 3.68. The Morgan fingerprint density at radius 3 is 2.02 bits per heavy atom. The Balaban J connectivity index is 1.81. The van der Waals surface area contributed by atoms with Gasteiger partial charge in [-0.25, -0.2) is 8.42 Å². The lowest BCUT2D eigenvalue weighted by Crippen LogP contribution is -2.53. The summed E-state index contributed by atoms with van der Waals surface area (Å²) in [6, 6.07) is 29.2. The summed E-state index contributed by atoms with van der Waals surface area (Å²) in [5, 5.41) is 2.70. The van der Waals surface area contributed by atoms with E-state index >= 15 is 0 Å². The molecule has 0 fully saturated rings. The number of hydrogen-bond acceptors (Lipinski definition) is 5. The van der Waals surface area contributed by atoms with Gasteiger partial charge in [0.05, 0.1) is 17.7 Å². The van der Waals surface area contributed by atoms with Gasteiger partial charge in [0.2, 0.25) is 11.8 Å². The number of aryl methyl sites for hydroxylation is 2. The van der Waals surface area contributed by atoms with Crippen molar-refractivity contribution in [2.75, 3.05) is 25.0 Å². The van der Waals surface area contributed by atoms with E-state index in [1.807, 2.05) is 62.4 Å². The van der Waals surface area contributed by atoms with Gasteiger partial charge in [0, 0.05) is 20.0 Å². The zero-order valence-electron chi connectivity index (χ0n) is 24.9. The van der Waals surface area contributed by atoms with E-state index in [9.17, 15) is 18.0 Å². The van der Waals surface area contributed by atoms with Crippen LogP contribution in [0.5, 0.6) is 5.75 Å². The summed E-state index contributed by atoms with van der Waals surface area (Å²) in [5.74, 6) is -0.275. The highest BCUT2D eigenvalue weighted by molar-refractivity contribution is 7.92. The molecule has 4 aromatic rings. The predicted molar refractivity (Wildman–Crippen MR) is 168 cm³/mol. The van der Waals surface area contributed by atoms with E-state index in [4.69, 9.17) is 4.74 Å². The average molecular weight is 600 g/mol. The smallest absolute Gasteiger partial charge is 0.264 e. The molecule has 0 radical (unpaired) electrons. The van der Waals surface area contributed by atoms with Crippen molar-refractivity contribution in [1.82, 2.24) is 10.2 Å². The molecule has 0 saturated carbocycles. The average Bonchev–Trinajstić information content (AvgIpc) is 3.01. The number of hydrogen-bond donors (Lipinski definition) is 1. The molecule has 4 aromatic carbocycles. The van der Waals surface area contributed by atoms with E-state index in [0.717, 1.165) is 26.6 Å². The number of likely N-dealkylation sites (N-methyl/N-ethyl adjacent to an activating group) is 1. The highest BCUT2D eigenvalue weighted by Gasteiger charge is 2.34. The van der Waals surface area contributed by atoms with Gasteiger partial charge in [-0.05, 0) is 72.5 Å². The fraction of sp³-hybridized carbons (Fsp3) is 0.235. The number of nitrogens with one attached hydrogen (secondary N) is 1. The van der Waals surface area contributed by atoms with Crippen LogP contribution in [0.1, 0.15) is 22.3 Å². The van der Waals surface area contributed by atoms with Crippen LogP contribution >= 0.6 is 0 Å². The molecule has 0 unspecified atom stereocenters. The van der Waals surface area contributed by atoms with Gasteiger partial charge in [-0.3, -0.25) is 13.9 Å². The van der Waals surface area contributed by atoms with Gasteiger partial charge < -0.3 is 15.0 Å². The molecule has 0 aromatic heterocycles. The Morgan fingerprint density at radius 2 is 1.42 bits per heavy atom. The monoisotopic (exact) mass is 599 g/mol. The molecule has 1 N–H and O–H groups in total. The van der Waals surface area contributed by atoms with Crippen molar-refractivity contribution in [2.24, 2.45) is 0 Å². The molecule has 0 heterocycles. The van der Waals surface area contributed by atoms with Crippen LogP contribution in [0.3, 0.4) is 0 Å². The molecule has 0 spiro atoms. The quantitative estimate of drug-likeness (QED) is 0.250. The van der Waals surface area contributed by atoms with E-state index in [2.05, 4.69) is 5.32 Å². The van der Waals surface area contributed by atoms with Crippen LogP contribution in [0, 0.1) is 13.8 Å². The third kappa shape index (κ3) is 7.81. The topological polar surface area (TPSA) is 96.0 Å². The summed E-state index contributed by atoms with van der Waals surface area (Å²) in [4.78, 5) is 29.3. The Labute approximate surface area is 254 Å². The van der Waals surface area contributed by atoms with E-state index in [0.29, 0.717) is 11.4 Å². The van der Waals surface area contributed by atoms with Crippen molar-refractivity contribution in [2.45, 2.75) is 37.8 Å². The molecule has 2 amide bonds. The van der Waals surface area contributed by atoms with Crippen LogP contribution in [0.4, 0.5) is 5.69 Å². The van der Waals surface area contributed by atoms with Gasteiger partial charge >= 0.3 is 0 Å². The minimum atomic E-state index is -4.14. The number of carbonyl (C=O) groups excluding carboxylic acids is 2. The van der Waals surface area contributed by atoms with Gasteiger partial charge in [0.1, 0.15) is 18.3 Å². The van der Waals surface area contributed by atoms with Gasteiger partial charge in [0.25, 0.3) is 10.0 Å². The summed E-state index contributed by atoms with van der Waals surface area (Å²) in [6.45, 7) is 3.31. The highest BCUT2D eigenvalue weighted by atomic mass is 32.2. The third-order valence-electron chi connectivity index (χ3n) is 7.11. The van der Waals surface area contributed by atoms with Crippen LogP contribution in [-0.4, -0.2) is 51.9 Å². The zero-order chi connectivity index (χ0) is 31.0. The molecule has 8 nitrogen and oxygen atoms in total. The molecule has 0 aliphatic rings. The second-order valence-corrected chi connectivity index (χ2v) is 12.2. The van der Waals surface area contributed by atoms with Crippen LogP contribution in [0.25, 0.3) is 0 Å². The summed E-state index contributed by atoms with van der Waals surface area (Å²) in [7, 11) is -1.06. The molecule has 0 saturated heterocycles. The molecular weight excluding hydrogens is 562 g/mol. The number of rotatable bonds is 12. The fourth-order valence-electron chi connectivity index (χ4n) is 5.03. The molecule has 4 rings (SSSR count). The van der Waals surface area contributed by atoms with Crippen molar-refractivity contribution in [3.05, 3.63) is 125 Å². The lowest BCUT2D eigenvalue weighted by atomic mass is 10.0. The van der Waals surface area contributed by atoms with Crippen molar-refractivity contribution in [3.8, 4) is 5.75 Å². The minimum absolute atomic E-state index is 0.0625. The van der Waals surface area contributed by atoms with Crippen molar-refractivity contribution in [1.29, 1.82) is 0 Å². The largest absolute Gasteiger partial charge is 0.497 e. The Morgan fingerprint density at radius 1 is 0.814 bits per heavy atom. The second kappa shape index (κ2) is 14.0. The molecule has 0 aliphatic carbocycles. The van der Waals surface area contributed by atoms with Gasteiger partial charge in [0.15, 0.2) is 0 Å². The first-order valence-corrected chi connectivity index (χ1v) is 15.4. The third-order valence-corrected chi connectivity index (χ3v) is 8.90. The van der Waals surface area contributed by atoms with Gasteiger partial charge in [-0.1, -0.05) is 66.7 Å². The SMILES string of the molecule is CNC(=O)[C@H](Cc1ccccc1)N(Cc1cccc(OC)c1)C(=O)CN(c1cc(C)cc(C)c1)S(=O)(=O)c1ccccc1. The number of sulfonamides is 1. The number of carbonyl (C=O) groups is 2. The van der Waals surface area contributed by atoms with Crippen LogP contribution in [0.2, 0.25) is 0 Å². The van der Waals surface area contributed by atoms with Crippen LogP contribution in [-0.2, 0) is 32.6 Å². The number of benzene rings is 4. The van der Waals surface area contributed by atoms with E-state index in [1.165, 1.54) is 24.1 Å². The van der Waals surface area contributed by atoms with E-state index < -0.39 is 28.5 Å². The lowest BCUT2D eigenvalue weighted by molar-refractivity contribution is -0.139. The van der Waals surface area contributed by atoms with Crippen molar-refractivity contribution in [3.63, 3.8) is 0 Å². The first-order chi connectivity index (χ1) is 20.6. The Kier molecular flexibility index (Phi) is 10.2. The van der Waals surface area contributed by atoms with E-state index in [-0.39, 0.29) is 23.8 Å². The molecule has 43 heavy (non-hydrogen) atoms. The molecule has 1 atom stereocenters. The summed E-state index contributed by atoms with van der Waals surface area (Å²) < 4.78 is 34.7.